The zero-order valence-corrected chi connectivity index (χ0v) is 12.3. The molecular formula is C13H30N2O2. The van der Waals surface area contributed by atoms with Gasteiger partial charge in [-0.15, -0.1) is 0 Å². The monoisotopic (exact) mass is 246 g/mol. The minimum Gasteiger partial charge on any atom is -0.383 e. The van der Waals surface area contributed by atoms with Crippen LogP contribution in [0.2, 0.25) is 0 Å². The molecule has 4 heteroatoms. The number of ether oxygens (including phenoxy) is 2. The van der Waals surface area contributed by atoms with Crippen LogP contribution in [-0.2, 0) is 9.47 Å². The quantitative estimate of drug-likeness (QED) is 0.669. The minimum atomic E-state index is -0.135. The minimum absolute atomic E-state index is 0.135. The van der Waals surface area contributed by atoms with Crippen LogP contribution in [0.1, 0.15) is 34.1 Å². The number of rotatable bonds is 9. The Labute approximate surface area is 106 Å². The van der Waals surface area contributed by atoms with Gasteiger partial charge < -0.3 is 15.2 Å². The zero-order chi connectivity index (χ0) is 13.5. The highest BCUT2D eigenvalue weighted by Gasteiger charge is 2.27. The summed E-state index contributed by atoms with van der Waals surface area (Å²) in [5.41, 5.74) is 5.77. The molecule has 0 saturated heterocycles. The summed E-state index contributed by atoms with van der Waals surface area (Å²) in [6, 6.07) is 0.798. The van der Waals surface area contributed by atoms with Crippen molar-refractivity contribution in [3.63, 3.8) is 0 Å². The highest BCUT2D eigenvalue weighted by atomic mass is 16.5. The molecule has 0 aliphatic rings. The lowest BCUT2D eigenvalue weighted by atomic mass is 9.97. The summed E-state index contributed by atoms with van der Waals surface area (Å²) < 4.78 is 10.7. The third kappa shape index (κ3) is 6.36. The Morgan fingerprint density at radius 3 is 2.18 bits per heavy atom. The second kappa shape index (κ2) is 8.03. The van der Waals surface area contributed by atoms with Crippen LogP contribution in [0.4, 0.5) is 0 Å². The van der Waals surface area contributed by atoms with Gasteiger partial charge in [0, 0.05) is 39.4 Å². The van der Waals surface area contributed by atoms with Crippen molar-refractivity contribution in [1.82, 2.24) is 4.90 Å². The predicted molar refractivity (Wildman–Crippen MR) is 72.3 cm³/mol. The van der Waals surface area contributed by atoms with Crippen molar-refractivity contribution < 1.29 is 9.47 Å². The van der Waals surface area contributed by atoms with E-state index in [1.165, 1.54) is 0 Å². The van der Waals surface area contributed by atoms with E-state index in [9.17, 15) is 0 Å². The Bertz CT molecular complexity index is 196. The molecule has 0 heterocycles. The van der Waals surface area contributed by atoms with Crippen molar-refractivity contribution in [3.05, 3.63) is 0 Å². The first-order valence-electron chi connectivity index (χ1n) is 6.37. The Balaban J connectivity index is 4.55. The lowest BCUT2D eigenvalue weighted by molar-refractivity contribution is -0.0156. The lowest BCUT2D eigenvalue weighted by Crippen LogP contribution is -2.49. The summed E-state index contributed by atoms with van der Waals surface area (Å²) >= 11 is 0. The molecule has 0 saturated carbocycles. The van der Waals surface area contributed by atoms with E-state index < -0.39 is 0 Å². The van der Waals surface area contributed by atoms with Crippen LogP contribution >= 0.6 is 0 Å². The van der Waals surface area contributed by atoms with Crippen molar-refractivity contribution in [2.45, 2.75) is 51.8 Å². The van der Waals surface area contributed by atoms with Gasteiger partial charge in [-0.3, -0.25) is 4.90 Å². The lowest BCUT2D eigenvalue weighted by Gasteiger charge is -2.38. The van der Waals surface area contributed by atoms with Gasteiger partial charge in [0.1, 0.15) is 0 Å². The van der Waals surface area contributed by atoms with Crippen molar-refractivity contribution in [1.29, 1.82) is 0 Å². The summed E-state index contributed by atoms with van der Waals surface area (Å²) in [6.45, 7) is 10.9. The highest BCUT2D eigenvalue weighted by Crippen LogP contribution is 2.20. The average molecular weight is 246 g/mol. The maximum absolute atomic E-state index is 5.91. The van der Waals surface area contributed by atoms with Crippen LogP contribution in [0, 0.1) is 0 Å². The maximum Gasteiger partial charge on any atom is 0.0638 e. The molecule has 1 atom stereocenters. The highest BCUT2D eigenvalue weighted by molar-refractivity contribution is 4.83. The second-order valence-corrected chi connectivity index (χ2v) is 5.38. The fraction of sp³-hybridized carbons (Fsp3) is 1.00. The van der Waals surface area contributed by atoms with Crippen LogP contribution in [0.25, 0.3) is 0 Å². The number of hydrogen-bond acceptors (Lipinski definition) is 4. The first-order valence-corrected chi connectivity index (χ1v) is 6.37. The molecule has 4 nitrogen and oxygen atoms in total. The summed E-state index contributed by atoms with van der Waals surface area (Å²) in [4.78, 5) is 2.39. The molecule has 0 aliphatic carbocycles. The number of hydrogen-bond donors (Lipinski definition) is 1. The normalized spacial score (nSPS) is 14.6. The number of methoxy groups -OCH3 is 2. The predicted octanol–water partition coefficient (Wildman–Crippen LogP) is 1.49. The van der Waals surface area contributed by atoms with E-state index in [0.717, 1.165) is 19.6 Å². The van der Waals surface area contributed by atoms with Gasteiger partial charge in [-0.1, -0.05) is 0 Å². The van der Waals surface area contributed by atoms with Gasteiger partial charge in [0.15, 0.2) is 0 Å². The average Bonchev–Trinajstić information content (AvgIpc) is 2.27. The summed E-state index contributed by atoms with van der Waals surface area (Å²) in [5.74, 6) is 0. The summed E-state index contributed by atoms with van der Waals surface area (Å²) in [6.07, 6.45) is 0.932. The van der Waals surface area contributed by atoms with E-state index in [2.05, 4.69) is 32.6 Å². The van der Waals surface area contributed by atoms with Crippen LogP contribution in [-0.4, -0.2) is 56.5 Å². The molecule has 0 aromatic heterocycles. The van der Waals surface area contributed by atoms with Crippen LogP contribution in [0.3, 0.4) is 0 Å². The third-order valence-corrected chi connectivity index (χ3v) is 3.24. The first kappa shape index (κ1) is 16.8. The van der Waals surface area contributed by atoms with E-state index in [0.29, 0.717) is 18.6 Å². The largest absolute Gasteiger partial charge is 0.383 e. The molecule has 0 aromatic rings. The third-order valence-electron chi connectivity index (χ3n) is 3.24. The Morgan fingerprint density at radius 2 is 1.82 bits per heavy atom. The van der Waals surface area contributed by atoms with Crippen molar-refractivity contribution in [2.75, 3.05) is 33.9 Å². The van der Waals surface area contributed by atoms with Gasteiger partial charge >= 0.3 is 0 Å². The summed E-state index contributed by atoms with van der Waals surface area (Å²) in [5, 5.41) is 0. The molecule has 1 unspecified atom stereocenters. The topological polar surface area (TPSA) is 47.7 Å². The number of nitrogens with zero attached hydrogens (tertiary/aromatic N) is 1. The van der Waals surface area contributed by atoms with Crippen molar-refractivity contribution >= 4 is 0 Å². The second-order valence-electron chi connectivity index (χ2n) is 5.38. The van der Waals surface area contributed by atoms with E-state index in [1.807, 2.05) is 0 Å². The molecule has 0 radical (unpaired) electrons. The van der Waals surface area contributed by atoms with Crippen LogP contribution < -0.4 is 5.73 Å². The SMILES string of the molecule is COCCN(C(C)C)C(CN)CC(C)(C)OC. The Hall–Kier alpha value is -0.160. The standard InChI is InChI=1S/C13H30N2O2/c1-11(2)15(7-8-16-5)12(10-14)9-13(3,4)17-6/h11-12H,7-10,14H2,1-6H3. The maximum atomic E-state index is 5.91. The van der Waals surface area contributed by atoms with Crippen LogP contribution in [0.5, 0.6) is 0 Å². The van der Waals surface area contributed by atoms with Crippen molar-refractivity contribution in [3.8, 4) is 0 Å². The molecule has 104 valence electrons. The molecule has 0 aromatic carbocycles. The Kier molecular flexibility index (Phi) is 7.96. The summed E-state index contributed by atoms with van der Waals surface area (Å²) in [7, 11) is 3.48. The smallest absolute Gasteiger partial charge is 0.0638 e. The molecule has 0 fully saturated rings. The van der Waals surface area contributed by atoms with Gasteiger partial charge in [0.2, 0.25) is 0 Å². The molecule has 2 N–H and O–H groups in total. The van der Waals surface area contributed by atoms with Gasteiger partial charge in [-0.2, -0.15) is 0 Å². The molecule has 0 aliphatic heterocycles. The molecule has 0 spiro atoms. The fourth-order valence-electron chi connectivity index (χ4n) is 2.05. The van der Waals surface area contributed by atoms with E-state index in [1.54, 1.807) is 14.2 Å². The molecule has 0 rings (SSSR count). The molecular weight excluding hydrogens is 216 g/mol. The van der Waals surface area contributed by atoms with Gasteiger partial charge in [-0.05, 0) is 34.1 Å². The zero-order valence-electron chi connectivity index (χ0n) is 12.3. The van der Waals surface area contributed by atoms with Gasteiger partial charge in [0.25, 0.3) is 0 Å². The van der Waals surface area contributed by atoms with E-state index >= 15 is 0 Å². The van der Waals surface area contributed by atoms with E-state index in [-0.39, 0.29) is 5.60 Å². The van der Waals surface area contributed by atoms with E-state index in [4.69, 9.17) is 15.2 Å². The molecule has 0 amide bonds. The van der Waals surface area contributed by atoms with Gasteiger partial charge in [-0.25, -0.2) is 0 Å². The first-order chi connectivity index (χ1) is 7.87. The number of nitrogens with two attached hydrogens (primary N) is 1. The fourth-order valence-corrected chi connectivity index (χ4v) is 2.05. The van der Waals surface area contributed by atoms with Crippen LogP contribution in [0.15, 0.2) is 0 Å². The van der Waals surface area contributed by atoms with Crippen molar-refractivity contribution in [2.24, 2.45) is 5.73 Å². The van der Waals surface area contributed by atoms with Gasteiger partial charge in [0.05, 0.1) is 12.2 Å². The molecule has 17 heavy (non-hydrogen) atoms. The Morgan fingerprint density at radius 1 is 1.24 bits per heavy atom. The molecule has 0 bridgehead atoms.